The number of rotatable bonds is 2. The minimum atomic E-state index is -0.474. The van der Waals surface area contributed by atoms with E-state index in [9.17, 15) is 9.90 Å². The summed E-state index contributed by atoms with van der Waals surface area (Å²) in [4.78, 5) is 17.5. The van der Waals surface area contributed by atoms with Crippen LogP contribution in [0.2, 0.25) is 0 Å². The van der Waals surface area contributed by atoms with Crippen molar-refractivity contribution in [2.45, 2.75) is 57.6 Å². The van der Waals surface area contributed by atoms with Crippen LogP contribution in [0.1, 0.15) is 53.8 Å². The average Bonchev–Trinajstić information content (AvgIpc) is 2.93. The molecular weight excluding hydrogens is 316 g/mol. The van der Waals surface area contributed by atoms with E-state index in [1.165, 1.54) is 0 Å². The van der Waals surface area contributed by atoms with Crippen molar-refractivity contribution in [1.29, 1.82) is 0 Å². The van der Waals surface area contributed by atoms with Gasteiger partial charge >= 0.3 is 0 Å². The Labute approximate surface area is 146 Å². The Balaban J connectivity index is 1.43. The van der Waals surface area contributed by atoms with Gasteiger partial charge in [0.15, 0.2) is 5.65 Å². The number of aromatic nitrogens is 3. The van der Waals surface area contributed by atoms with E-state index in [0.29, 0.717) is 29.0 Å². The lowest BCUT2D eigenvalue weighted by Gasteiger charge is -2.58. The Morgan fingerprint density at radius 2 is 2.00 bits per heavy atom. The summed E-state index contributed by atoms with van der Waals surface area (Å²) < 4.78 is 1.72. The van der Waals surface area contributed by atoms with Gasteiger partial charge in [0.05, 0.1) is 11.8 Å². The van der Waals surface area contributed by atoms with Crippen LogP contribution >= 0.6 is 0 Å². The fourth-order valence-corrected chi connectivity index (χ4v) is 5.88. The summed E-state index contributed by atoms with van der Waals surface area (Å²) in [7, 11) is 0. The van der Waals surface area contributed by atoms with E-state index in [1.807, 2.05) is 19.9 Å². The number of carbonyl (C=O) groups excluding carboxylic acids is 1. The first-order valence-electron chi connectivity index (χ1n) is 9.27. The number of amides is 1. The third-order valence-corrected chi connectivity index (χ3v) is 6.56. The van der Waals surface area contributed by atoms with Gasteiger partial charge in [-0.15, -0.1) is 0 Å². The standard InChI is InChI=1S/C19H24N4O2/c1-10-3-11(2)23-17(21-10)15(9-20-23)18(24)22-16-13-4-12-5-14(16)8-19(25,6-12)7-13/h3,9,12-14,16,25H,4-8H2,1-2H3,(H,22,24). The first-order valence-corrected chi connectivity index (χ1v) is 9.27. The second-order valence-electron chi connectivity index (χ2n) is 8.53. The van der Waals surface area contributed by atoms with Gasteiger partial charge in [0.1, 0.15) is 5.56 Å². The highest BCUT2D eigenvalue weighted by Gasteiger charge is 2.55. The van der Waals surface area contributed by atoms with Crippen LogP contribution < -0.4 is 5.32 Å². The highest BCUT2D eigenvalue weighted by molar-refractivity contribution is 5.99. The van der Waals surface area contributed by atoms with E-state index >= 15 is 0 Å². The number of nitrogens with one attached hydrogen (secondary N) is 1. The van der Waals surface area contributed by atoms with Gasteiger partial charge < -0.3 is 10.4 Å². The number of aryl methyl sites for hydroxylation is 2. The lowest BCUT2D eigenvalue weighted by atomic mass is 9.52. The molecule has 132 valence electrons. The van der Waals surface area contributed by atoms with Crippen molar-refractivity contribution in [3.05, 3.63) is 29.2 Å². The smallest absolute Gasteiger partial charge is 0.257 e. The molecular formula is C19H24N4O2. The Bertz CT molecular complexity index is 858. The van der Waals surface area contributed by atoms with Crippen LogP contribution in [0, 0.1) is 31.6 Å². The molecule has 2 aromatic heterocycles. The average molecular weight is 340 g/mol. The van der Waals surface area contributed by atoms with E-state index in [4.69, 9.17) is 0 Å². The summed E-state index contributed by atoms with van der Waals surface area (Å²) in [5, 5.41) is 18.3. The Morgan fingerprint density at radius 3 is 2.68 bits per heavy atom. The lowest BCUT2D eigenvalue weighted by Crippen LogP contribution is -2.61. The maximum atomic E-state index is 12.9. The quantitative estimate of drug-likeness (QED) is 0.876. The molecule has 2 N–H and O–H groups in total. The van der Waals surface area contributed by atoms with E-state index < -0.39 is 5.60 Å². The van der Waals surface area contributed by atoms with Crippen LogP contribution in [-0.4, -0.2) is 37.3 Å². The van der Waals surface area contributed by atoms with Crippen molar-refractivity contribution in [2.75, 3.05) is 0 Å². The maximum absolute atomic E-state index is 12.9. The SMILES string of the molecule is Cc1cc(C)n2ncc(C(=O)NC3C4CC5CC3CC(O)(C5)C4)c2n1. The summed E-state index contributed by atoms with van der Waals surface area (Å²) >= 11 is 0. The Morgan fingerprint density at radius 1 is 1.28 bits per heavy atom. The number of nitrogens with zero attached hydrogens (tertiary/aromatic N) is 3. The summed E-state index contributed by atoms with van der Waals surface area (Å²) in [5.41, 5.74) is 2.55. The van der Waals surface area contributed by atoms with Gasteiger partial charge in [-0.1, -0.05) is 0 Å². The zero-order chi connectivity index (χ0) is 17.3. The molecule has 2 unspecified atom stereocenters. The van der Waals surface area contributed by atoms with Crippen LogP contribution in [0.25, 0.3) is 5.65 Å². The van der Waals surface area contributed by atoms with Crippen molar-refractivity contribution < 1.29 is 9.90 Å². The summed E-state index contributed by atoms with van der Waals surface area (Å²) in [6.45, 7) is 3.90. The van der Waals surface area contributed by atoms with Crippen molar-refractivity contribution in [1.82, 2.24) is 19.9 Å². The molecule has 6 heteroatoms. The van der Waals surface area contributed by atoms with Gasteiger partial charge in [0, 0.05) is 17.4 Å². The number of hydrogen-bond donors (Lipinski definition) is 2. The third kappa shape index (κ3) is 2.30. The van der Waals surface area contributed by atoms with Crippen LogP contribution in [0.4, 0.5) is 0 Å². The number of fused-ring (bicyclic) bond motifs is 1. The van der Waals surface area contributed by atoms with Crippen LogP contribution in [0.15, 0.2) is 12.3 Å². The van der Waals surface area contributed by atoms with Gasteiger partial charge in [-0.3, -0.25) is 4.79 Å². The molecule has 0 spiro atoms. The van der Waals surface area contributed by atoms with Crippen molar-refractivity contribution in [2.24, 2.45) is 17.8 Å². The zero-order valence-electron chi connectivity index (χ0n) is 14.7. The van der Waals surface area contributed by atoms with E-state index in [1.54, 1.807) is 10.7 Å². The minimum Gasteiger partial charge on any atom is -0.390 e. The normalized spacial score (nSPS) is 36.1. The highest BCUT2D eigenvalue weighted by atomic mass is 16.3. The van der Waals surface area contributed by atoms with E-state index in [0.717, 1.165) is 43.5 Å². The van der Waals surface area contributed by atoms with Crippen molar-refractivity contribution in [3.8, 4) is 0 Å². The largest absolute Gasteiger partial charge is 0.390 e. The number of carbonyl (C=O) groups is 1. The molecule has 0 aliphatic heterocycles. The van der Waals surface area contributed by atoms with E-state index in [2.05, 4.69) is 15.4 Å². The number of hydrogen-bond acceptors (Lipinski definition) is 4. The predicted octanol–water partition coefficient (Wildman–Crippen LogP) is 2.02. The molecule has 2 aromatic rings. The molecule has 4 saturated carbocycles. The topological polar surface area (TPSA) is 79.5 Å². The first kappa shape index (κ1) is 15.3. The second kappa shape index (κ2) is 5.04. The summed E-state index contributed by atoms with van der Waals surface area (Å²) in [5.74, 6) is 1.36. The molecule has 4 fully saturated rings. The Hall–Kier alpha value is -1.95. The molecule has 4 aliphatic carbocycles. The molecule has 6 nitrogen and oxygen atoms in total. The van der Waals surface area contributed by atoms with Crippen molar-refractivity contribution in [3.63, 3.8) is 0 Å². The Kier molecular flexibility index (Phi) is 3.08. The highest BCUT2D eigenvalue weighted by Crippen LogP contribution is 2.55. The number of aliphatic hydroxyl groups is 1. The first-order chi connectivity index (χ1) is 11.9. The lowest BCUT2D eigenvalue weighted by molar-refractivity contribution is -0.136. The van der Waals surface area contributed by atoms with Crippen LogP contribution in [-0.2, 0) is 0 Å². The minimum absolute atomic E-state index is 0.0861. The van der Waals surface area contributed by atoms with Gasteiger partial charge in [0.2, 0.25) is 0 Å². The monoisotopic (exact) mass is 340 g/mol. The van der Waals surface area contributed by atoms with Gasteiger partial charge in [-0.05, 0) is 69.8 Å². The third-order valence-electron chi connectivity index (χ3n) is 6.56. The molecule has 6 rings (SSSR count). The molecule has 2 atom stereocenters. The van der Waals surface area contributed by atoms with Gasteiger partial charge in [-0.2, -0.15) is 5.10 Å². The summed E-state index contributed by atoms with van der Waals surface area (Å²) in [6.07, 6.45) is 6.50. The molecule has 0 aromatic carbocycles. The second-order valence-corrected chi connectivity index (χ2v) is 8.53. The molecule has 4 aliphatic rings. The van der Waals surface area contributed by atoms with E-state index in [-0.39, 0.29) is 11.9 Å². The molecule has 0 saturated heterocycles. The molecule has 1 amide bonds. The molecule has 25 heavy (non-hydrogen) atoms. The summed E-state index contributed by atoms with van der Waals surface area (Å²) in [6, 6.07) is 2.13. The molecule has 0 radical (unpaired) electrons. The maximum Gasteiger partial charge on any atom is 0.257 e. The van der Waals surface area contributed by atoms with Crippen molar-refractivity contribution >= 4 is 11.6 Å². The van der Waals surface area contributed by atoms with Gasteiger partial charge in [0.25, 0.3) is 5.91 Å². The van der Waals surface area contributed by atoms with Crippen LogP contribution in [0.5, 0.6) is 0 Å². The predicted molar refractivity (Wildman–Crippen MR) is 92.2 cm³/mol. The van der Waals surface area contributed by atoms with Gasteiger partial charge in [-0.25, -0.2) is 9.50 Å². The fraction of sp³-hybridized carbons (Fsp3) is 0.632. The zero-order valence-corrected chi connectivity index (χ0v) is 14.7. The fourth-order valence-electron chi connectivity index (χ4n) is 5.88. The van der Waals surface area contributed by atoms with Crippen LogP contribution in [0.3, 0.4) is 0 Å². The molecule has 4 bridgehead atoms. The molecule has 2 heterocycles.